The number of carbonyl (C=O) groups excluding carboxylic acids is 1. The maximum Gasteiger partial charge on any atom is 0.226 e. The lowest BCUT2D eigenvalue weighted by molar-refractivity contribution is -0.115. The predicted octanol–water partition coefficient (Wildman–Crippen LogP) is 1.86. The Morgan fingerprint density at radius 2 is 2.29 bits per heavy atom. The minimum atomic E-state index is 0.0659. The molecule has 3 N–H and O–H groups in total. The van der Waals surface area contributed by atoms with Crippen LogP contribution in [0, 0.1) is 6.92 Å². The van der Waals surface area contributed by atoms with Gasteiger partial charge in [-0.2, -0.15) is 0 Å². The molecule has 92 valence electrons. The van der Waals surface area contributed by atoms with Crippen LogP contribution in [0.2, 0.25) is 0 Å². The lowest BCUT2D eigenvalue weighted by atomic mass is 10.1. The maximum absolute atomic E-state index is 11.7. The maximum atomic E-state index is 11.7. The van der Waals surface area contributed by atoms with Crippen LogP contribution in [0.1, 0.15) is 12.0 Å². The number of nitrogens with one attached hydrogen (secondary N) is 1. The second-order valence-corrected chi connectivity index (χ2v) is 5.11. The van der Waals surface area contributed by atoms with Gasteiger partial charge in [-0.3, -0.25) is 4.79 Å². The summed E-state index contributed by atoms with van der Waals surface area (Å²) >= 11 is 3.49. The molecule has 0 saturated heterocycles. The Balaban J connectivity index is 2.48. The number of anilines is 2. The zero-order chi connectivity index (χ0) is 12.4. The van der Waals surface area contributed by atoms with Crippen molar-refractivity contribution in [1.29, 1.82) is 0 Å². The molecule has 0 fully saturated rings. The summed E-state index contributed by atoms with van der Waals surface area (Å²) in [5, 5.41) is 2.96. The Kier molecular flexibility index (Phi) is 3.69. The molecule has 0 spiro atoms. The number of nitrogens with two attached hydrogens (primary N) is 1. The van der Waals surface area contributed by atoms with Gasteiger partial charge in [-0.05, 0) is 24.6 Å². The van der Waals surface area contributed by atoms with Crippen LogP contribution in [0.25, 0.3) is 0 Å². The van der Waals surface area contributed by atoms with Crippen LogP contribution in [-0.4, -0.2) is 25.5 Å². The van der Waals surface area contributed by atoms with Crippen molar-refractivity contribution in [3.05, 3.63) is 22.2 Å². The van der Waals surface area contributed by atoms with Crippen molar-refractivity contribution < 1.29 is 4.79 Å². The predicted molar refractivity (Wildman–Crippen MR) is 73.4 cm³/mol. The molecule has 1 aromatic rings. The molecule has 0 aromatic heterocycles. The summed E-state index contributed by atoms with van der Waals surface area (Å²) < 4.78 is 1.02. The fourth-order valence-electron chi connectivity index (χ4n) is 2.08. The Hall–Kier alpha value is -1.07. The number of aryl methyl sites for hydroxylation is 1. The zero-order valence-corrected chi connectivity index (χ0v) is 11.4. The van der Waals surface area contributed by atoms with E-state index in [-0.39, 0.29) is 5.91 Å². The first kappa shape index (κ1) is 12.4. The first-order valence-electron chi connectivity index (χ1n) is 5.67. The molecule has 0 aliphatic carbocycles. The van der Waals surface area contributed by atoms with Crippen molar-refractivity contribution >= 4 is 33.2 Å². The Morgan fingerprint density at radius 3 is 3.00 bits per heavy atom. The minimum Gasteiger partial charge on any atom is -0.368 e. The summed E-state index contributed by atoms with van der Waals surface area (Å²) in [6.45, 7) is 4.05. The number of hydrogen-bond donors (Lipinski definition) is 2. The van der Waals surface area contributed by atoms with E-state index in [0.29, 0.717) is 19.5 Å². The molecule has 1 heterocycles. The molecule has 2 rings (SSSR count). The quantitative estimate of drug-likeness (QED) is 0.876. The molecule has 0 unspecified atom stereocenters. The van der Waals surface area contributed by atoms with Gasteiger partial charge >= 0.3 is 0 Å². The number of fused-ring (bicyclic) bond motifs is 1. The summed E-state index contributed by atoms with van der Waals surface area (Å²) in [6, 6.07) is 4.04. The third-order valence-electron chi connectivity index (χ3n) is 2.89. The van der Waals surface area contributed by atoms with Crippen molar-refractivity contribution in [2.75, 3.05) is 29.9 Å². The SMILES string of the molecule is Cc1cc(Br)cc2c1NC(=O)CCN2CCN. The largest absolute Gasteiger partial charge is 0.368 e. The van der Waals surface area contributed by atoms with Crippen molar-refractivity contribution in [3.63, 3.8) is 0 Å². The van der Waals surface area contributed by atoms with Gasteiger partial charge in [0, 0.05) is 30.5 Å². The van der Waals surface area contributed by atoms with Gasteiger partial charge in [0.25, 0.3) is 0 Å². The molecule has 4 nitrogen and oxygen atoms in total. The first-order chi connectivity index (χ1) is 8.11. The van der Waals surface area contributed by atoms with E-state index in [4.69, 9.17) is 5.73 Å². The number of amides is 1. The van der Waals surface area contributed by atoms with Crippen LogP contribution < -0.4 is 16.0 Å². The van der Waals surface area contributed by atoms with E-state index in [1.54, 1.807) is 0 Å². The topological polar surface area (TPSA) is 58.4 Å². The Labute approximate surface area is 109 Å². The normalized spacial score (nSPS) is 15.2. The molecule has 0 radical (unpaired) electrons. The second kappa shape index (κ2) is 5.06. The summed E-state index contributed by atoms with van der Waals surface area (Å²) in [5.74, 6) is 0.0659. The van der Waals surface area contributed by atoms with Crippen molar-refractivity contribution in [2.45, 2.75) is 13.3 Å². The highest BCUT2D eigenvalue weighted by Gasteiger charge is 2.20. The first-order valence-corrected chi connectivity index (χ1v) is 6.46. The van der Waals surface area contributed by atoms with E-state index in [1.165, 1.54) is 0 Å². The molecular weight excluding hydrogens is 282 g/mol. The third kappa shape index (κ3) is 2.61. The van der Waals surface area contributed by atoms with Crippen molar-refractivity contribution in [3.8, 4) is 0 Å². The molecule has 17 heavy (non-hydrogen) atoms. The number of hydrogen-bond acceptors (Lipinski definition) is 3. The number of rotatable bonds is 2. The number of benzene rings is 1. The minimum absolute atomic E-state index is 0.0659. The monoisotopic (exact) mass is 297 g/mol. The van der Waals surface area contributed by atoms with E-state index in [2.05, 4.69) is 26.1 Å². The van der Waals surface area contributed by atoms with Gasteiger partial charge in [0.1, 0.15) is 0 Å². The average Bonchev–Trinajstić information content (AvgIpc) is 2.41. The van der Waals surface area contributed by atoms with Crippen LogP contribution in [-0.2, 0) is 4.79 Å². The van der Waals surface area contributed by atoms with Crippen LogP contribution in [0.3, 0.4) is 0 Å². The van der Waals surface area contributed by atoms with E-state index in [1.807, 2.05) is 19.1 Å². The number of halogens is 1. The second-order valence-electron chi connectivity index (χ2n) is 4.19. The molecule has 0 bridgehead atoms. The van der Waals surface area contributed by atoms with E-state index >= 15 is 0 Å². The summed E-state index contributed by atoms with van der Waals surface area (Å²) in [6.07, 6.45) is 0.506. The van der Waals surface area contributed by atoms with Gasteiger partial charge in [-0.15, -0.1) is 0 Å². The molecule has 1 aromatic carbocycles. The number of nitrogens with zero attached hydrogens (tertiary/aromatic N) is 1. The Morgan fingerprint density at radius 1 is 1.53 bits per heavy atom. The van der Waals surface area contributed by atoms with E-state index < -0.39 is 0 Å². The van der Waals surface area contributed by atoms with Gasteiger partial charge < -0.3 is 16.0 Å². The van der Waals surface area contributed by atoms with Crippen molar-refractivity contribution in [2.24, 2.45) is 5.73 Å². The highest BCUT2D eigenvalue weighted by atomic mass is 79.9. The molecule has 0 atom stereocenters. The fraction of sp³-hybridized carbons (Fsp3) is 0.417. The molecule has 1 amide bonds. The number of carbonyl (C=O) groups is 1. The smallest absolute Gasteiger partial charge is 0.226 e. The standard InChI is InChI=1S/C12H16BrN3O/c1-8-6-9(13)7-10-12(8)15-11(17)2-4-16(10)5-3-14/h6-7H,2-5,14H2,1H3,(H,15,17). The van der Waals surface area contributed by atoms with Crippen LogP contribution in [0.4, 0.5) is 11.4 Å². The molecular formula is C12H16BrN3O. The summed E-state index contributed by atoms with van der Waals surface area (Å²) in [4.78, 5) is 13.8. The highest BCUT2D eigenvalue weighted by Crippen LogP contribution is 2.34. The lowest BCUT2D eigenvalue weighted by Gasteiger charge is -2.24. The van der Waals surface area contributed by atoms with Crippen LogP contribution >= 0.6 is 15.9 Å². The third-order valence-corrected chi connectivity index (χ3v) is 3.35. The van der Waals surface area contributed by atoms with Gasteiger partial charge in [0.2, 0.25) is 5.91 Å². The van der Waals surface area contributed by atoms with Gasteiger partial charge in [0.15, 0.2) is 0 Å². The average molecular weight is 298 g/mol. The summed E-state index contributed by atoms with van der Waals surface area (Å²) in [7, 11) is 0. The fourth-order valence-corrected chi connectivity index (χ4v) is 2.64. The molecule has 1 aliphatic rings. The molecule has 0 saturated carbocycles. The zero-order valence-electron chi connectivity index (χ0n) is 9.79. The molecule has 5 heteroatoms. The Bertz CT molecular complexity index is 448. The van der Waals surface area contributed by atoms with Crippen molar-refractivity contribution in [1.82, 2.24) is 0 Å². The van der Waals surface area contributed by atoms with Crippen LogP contribution in [0.15, 0.2) is 16.6 Å². The van der Waals surface area contributed by atoms with Crippen LogP contribution in [0.5, 0.6) is 0 Å². The lowest BCUT2D eigenvalue weighted by Crippen LogP contribution is -2.30. The van der Waals surface area contributed by atoms with Gasteiger partial charge in [-0.1, -0.05) is 15.9 Å². The highest BCUT2D eigenvalue weighted by molar-refractivity contribution is 9.10. The van der Waals surface area contributed by atoms with Gasteiger partial charge in [-0.25, -0.2) is 0 Å². The van der Waals surface area contributed by atoms with E-state index in [0.717, 1.165) is 28.0 Å². The van der Waals surface area contributed by atoms with Gasteiger partial charge in [0.05, 0.1) is 11.4 Å². The molecule has 1 aliphatic heterocycles. The van der Waals surface area contributed by atoms with E-state index in [9.17, 15) is 4.79 Å². The summed E-state index contributed by atoms with van der Waals surface area (Å²) in [5.41, 5.74) is 8.64.